The van der Waals surface area contributed by atoms with E-state index in [-0.39, 0.29) is 0 Å². The van der Waals surface area contributed by atoms with Gasteiger partial charge in [0, 0.05) is 16.1 Å². The molecule has 4 heteroatoms. The zero-order valence-electron chi connectivity index (χ0n) is 9.46. The molecule has 0 spiro atoms. The van der Waals surface area contributed by atoms with E-state index < -0.39 is 0 Å². The minimum absolute atomic E-state index is 0.536. The second kappa shape index (κ2) is 4.18. The van der Waals surface area contributed by atoms with E-state index in [0.29, 0.717) is 5.82 Å². The van der Waals surface area contributed by atoms with E-state index in [0.717, 1.165) is 11.3 Å². The topological polar surface area (TPSA) is 54.7 Å². The Balaban J connectivity index is 2.10. The van der Waals surface area contributed by atoms with Crippen LogP contribution in [0.2, 0.25) is 0 Å². The number of aryl methyl sites for hydroxylation is 1. The first kappa shape index (κ1) is 10.8. The Labute approximate surface area is 109 Å². The largest absolute Gasteiger partial charge is 0.382 e. The molecule has 0 saturated heterocycles. The highest BCUT2D eigenvalue weighted by Gasteiger charge is 2.14. The first-order chi connectivity index (χ1) is 8.24. The summed E-state index contributed by atoms with van der Waals surface area (Å²) in [6.45, 7) is 0. The van der Waals surface area contributed by atoms with Crippen LogP contribution in [0.25, 0.3) is 11.3 Å². The highest BCUT2D eigenvalue weighted by molar-refractivity contribution is 9.10. The van der Waals surface area contributed by atoms with Crippen molar-refractivity contribution in [2.45, 2.75) is 25.7 Å². The van der Waals surface area contributed by atoms with Crippen LogP contribution in [0.1, 0.15) is 24.0 Å². The van der Waals surface area contributed by atoms with Crippen molar-refractivity contribution in [3.8, 4) is 11.3 Å². The van der Waals surface area contributed by atoms with Gasteiger partial charge in [0.1, 0.15) is 5.82 Å². The molecule has 3 rings (SSSR count). The Hall–Kier alpha value is -1.29. The van der Waals surface area contributed by atoms with E-state index in [9.17, 15) is 0 Å². The fourth-order valence-corrected chi connectivity index (χ4v) is 3.15. The Morgan fingerprint density at radius 2 is 2.00 bits per heavy atom. The van der Waals surface area contributed by atoms with Gasteiger partial charge >= 0.3 is 0 Å². The Kier molecular flexibility index (Phi) is 2.67. The summed E-state index contributed by atoms with van der Waals surface area (Å²) in [4.78, 5) is 0. The number of aromatic nitrogens is 2. The van der Waals surface area contributed by atoms with Crippen molar-refractivity contribution in [1.29, 1.82) is 0 Å². The minimum Gasteiger partial charge on any atom is -0.382 e. The second-order valence-electron chi connectivity index (χ2n) is 4.51. The summed E-state index contributed by atoms with van der Waals surface area (Å²) in [7, 11) is 0. The maximum absolute atomic E-state index is 5.64. The van der Waals surface area contributed by atoms with Crippen molar-refractivity contribution >= 4 is 21.7 Å². The molecule has 1 aliphatic rings. The zero-order chi connectivity index (χ0) is 11.8. The number of rotatable bonds is 1. The first-order valence-corrected chi connectivity index (χ1v) is 6.66. The molecule has 0 saturated carbocycles. The molecule has 1 heterocycles. The van der Waals surface area contributed by atoms with Crippen molar-refractivity contribution in [3.63, 3.8) is 0 Å². The number of nitrogens with one attached hydrogen (secondary N) is 1. The number of hydrogen-bond donors (Lipinski definition) is 2. The van der Waals surface area contributed by atoms with Gasteiger partial charge in [0.2, 0.25) is 0 Å². The number of aromatic amines is 1. The van der Waals surface area contributed by atoms with Crippen LogP contribution in [0.5, 0.6) is 0 Å². The van der Waals surface area contributed by atoms with Crippen LogP contribution in [0, 0.1) is 0 Å². The molecule has 0 amide bonds. The predicted octanol–water partition coefficient (Wildman–Crippen LogP) is 3.30. The normalized spacial score (nSPS) is 14.6. The quantitative estimate of drug-likeness (QED) is 0.847. The summed E-state index contributed by atoms with van der Waals surface area (Å²) in [5, 5.41) is 6.93. The lowest BCUT2D eigenvalue weighted by Gasteiger charge is -2.18. The Bertz CT molecular complexity index is 560. The maximum atomic E-state index is 5.64. The van der Waals surface area contributed by atoms with Gasteiger partial charge in [0.05, 0.1) is 5.69 Å². The van der Waals surface area contributed by atoms with Gasteiger partial charge in [-0.15, -0.1) is 0 Å². The van der Waals surface area contributed by atoms with Gasteiger partial charge < -0.3 is 5.73 Å². The lowest BCUT2D eigenvalue weighted by Crippen LogP contribution is -2.03. The van der Waals surface area contributed by atoms with Crippen LogP contribution in [-0.4, -0.2) is 10.2 Å². The van der Waals surface area contributed by atoms with E-state index in [2.05, 4.69) is 38.3 Å². The molecule has 2 aromatic rings. The van der Waals surface area contributed by atoms with Crippen LogP contribution in [0.15, 0.2) is 22.7 Å². The van der Waals surface area contributed by atoms with Gasteiger partial charge in [-0.3, -0.25) is 5.10 Å². The molecule has 0 unspecified atom stereocenters. The maximum Gasteiger partial charge on any atom is 0.145 e. The molecule has 1 aromatic carbocycles. The molecule has 0 radical (unpaired) electrons. The summed E-state index contributed by atoms with van der Waals surface area (Å²) in [5.41, 5.74) is 10.7. The van der Waals surface area contributed by atoms with Crippen molar-refractivity contribution in [2.75, 3.05) is 5.73 Å². The molecule has 1 aromatic heterocycles. The molecule has 0 fully saturated rings. The fraction of sp³-hybridized carbons (Fsp3) is 0.308. The van der Waals surface area contributed by atoms with Crippen LogP contribution in [-0.2, 0) is 12.8 Å². The number of benzene rings is 1. The van der Waals surface area contributed by atoms with Gasteiger partial charge in [0.15, 0.2) is 0 Å². The molecular formula is C13H14BrN3. The molecule has 0 aliphatic heterocycles. The first-order valence-electron chi connectivity index (χ1n) is 5.86. The van der Waals surface area contributed by atoms with Crippen molar-refractivity contribution < 1.29 is 0 Å². The Morgan fingerprint density at radius 1 is 1.18 bits per heavy atom. The van der Waals surface area contributed by atoms with E-state index in [1.54, 1.807) is 0 Å². The number of fused-ring (bicyclic) bond motifs is 1. The van der Waals surface area contributed by atoms with Crippen LogP contribution < -0.4 is 5.73 Å². The van der Waals surface area contributed by atoms with Gasteiger partial charge in [0.25, 0.3) is 0 Å². The number of halogens is 1. The number of nitrogen functional groups attached to an aromatic ring is 1. The van der Waals surface area contributed by atoms with Crippen molar-refractivity contribution in [2.24, 2.45) is 0 Å². The summed E-state index contributed by atoms with van der Waals surface area (Å²) >= 11 is 3.67. The molecule has 88 valence electrons. The molecule has 3 N–H and O–H groups in total. The summed E-state index contributed by atoms with van der Waals surface area (Å²) in [6, 6.07) is 6.28. The SMILES string of the molecule is Nc1cc(-c2cc(Br)c3c(c2)CCCC3)[nH]n1. The Morgan fingerprint density at radius 3 is 2.76 bits per heavy atom. The number of anilines is 1. The molecule has 3 nitrogen and oxygen atoms in total. The summed E-state index contributed by atoms with van der Waals surface area (Å²) in [6.07, 6.45) is 4.93. The van der Waals surface area contributed by atoms with E-state index >= 15 is 0 Å². The predicted molar refractivity (Wildman–Crippen MR) is 72.8 cm³/mol. The number of H-pyrrole nitrogens is 1. The molecular weight excluding hydrogens is 278 g/mol. The van der Waals surface area contributed by atoms with E-state index in [1.807, 2.05) is 6.07 Å². The third-order valence-corrected chi connectivity index (χ3v) is 4.03. The third-order valence-electron chi connectivity index (χ3n) is 3.32. The van der Waals surface area contributed by atoms with Crippen LogP contribution in [0.4, 0.5) is 5.82 Å². The average molecular weight is 292 g/mol. The van der Waals surface area contributed by atoms with E-state index in [4.69, 9.17) is 5.73 Å². The molecule has 0 atom stereocenters. The minimum atomic E-state index is 0.536. The van der Waals surface area contributed by atoms with Crippen LogP contribution >= 0.6 is 15.9 Å². The molecule has 17 heavy (non-hydrogen) atoms. The highest BCUT2D eigenvalue weighted by Crippen LogP contribution is 2.33. The average Bonchev–Trinajstić information content (AvgIpc) is 2.76. The van der Waals surface area contributed by atoms with E-state index in [1.165, 1.54) is 41.3 Å². The second-order valence-corrected chi connectivity index (χ2v) is 5.36. The molecule has 1 aliphatic carbocycles. The lowest BCUT2D eigenvalue weighted by molar-refractivity contribution is 0.683. The summed E-state index contributed by atoms with van der Waals surface area (Å²) < 4.78 is 1.21. The smallest absolute Gasteiger partial charge is 0.145 e. The van der Waals surface area contributed by atoms with Gasteiger partial charge in [-0.05, 0) is 48.9 Å². The number of nitrogens with zero attached hydrogens (tertiary/aromatic N) is 1. The van der Waals surface area contributed by atoms with Gasteiger partial charge in [-0.25, -0.2) is 0 Å². The van der Waals surface area contributed by atoms with Gasteiger partial charge in [-0.2, -0.15) is 5.10 Å². The monoisotopic (exact) mass is 291 g/mol. The zero-order valence-corrected chi connectivity index (χ0v) is 11.0. The van der Waals surface area contributed by atoms with Crippen LogP contribution in [0.3, 0.4) is 0 Å². The van der Waals surface area contributed by atoms with Crippen molar-refractivity contribution in [3.05, 3.63) is 33.8 Å². The summed E-state index contributed by atoms with van der Waals surface area (Å²) in [5.74, 6) is 0.536. The lowest BCUT2D eigenvalue weighted by atomic mass is 9.90. The third kappa shape index (κ3) is 1.97. The highest BCUT2D eigenvalue weighted by atomic mass is 79.9. The van der Waals surface area contributed by atoms with Crippen molar-refractivity contribution in [1.82, 2.24) is 10.2 Å². The number of hydrogen-bond acceptors (Lipinski definition) is 2. The molecule has 0 bridgehead atoms. The van der Waals surface area contributed by atoms with Gasteiger partial charge in [-0.1, -0.05) is 15.9 Å². The fourth-order valence-electron chi connectivity index (χ4n) is 2.45. The standard InChI is InChI=1S/C13H14BrN3/c14-11-6-9(12-7-13(15)17-16-12)5-8-3-1-2-4-10(8)11/h5-7H,1-4H2,(H3,15,16,17). The number of nitrogens with two attached hydrogens (primary N) is 1.